The van der Waals surface area contributed by atoms with Crippen molar-refractivity contribution >= 4 is 29.7 Å². The molecule has 0 amide bonds. The van der Waals surface area contributed by atoms with E-state index in [2.05, 4.69) is 4.99 Å². The van der Waals surface area contributed by atoms with Crippen molar-refractivity contribution in [3.05, 3.63) is 0 Å². The zero-order valence-corrected chi connectivity index (χ0v) is 11.8. The predicted molar refractivity (Wildman–Crippen MR) is 75.0 cm³/mol. The fourth-order valence-electron chi connectivity index (χ4n) is 0.970. The number of aliphatic imine (C=N–C) groups is 1. The van der Waals surface area contributed by atoms with E-state index in [4.69, 9.17) is 32.5 Å². The molecule has 9 N–H and O–H groups in total. The van der Waals surface area contributed by atoms with Crippen molar-refractivity contribution in [3.8, 4) is 0 Å². The molecule has 22 heavy (non-hydrogen) atoms. The van der Waals surface area contributed by atoms with Crippen LogP contribution in [0.15, 0.2) is 4.99 Å². The Balaban J connectivity index is 0. The van der Waals surface area contributed by atoms with E-state index in [1.165, 1.54) is 0 Å². The van der Waals surface area contributed by atoms with Gasteiger partial charge in [-0.15, -0.1) is 0 Å². The van der Waals surface area contributed by atoms with Gasteiger partial charge in [0.05, 0.1) is 6.42 Å². The van der Waals surface area contributed by atoms with Crippen LogP contribution in [-0.4, -0.2) is 57.6 Å². The molecule has 0 radical (unpaired) electrons. The highest BCUT2D eigenvalue weighted by atomic mass is 16.4. The number of rotatable bonds is 9. The third-order valence-electron chi connectivity index (χ3n) is 2.09. The lowest BCUT2D eigenvalue weighted by Gasteiger charge is -2.03. The molecule has 0 heterocycles. The summed E-state index contributed by atoms with van der Waals surface area (Å²) in [5.74, 6) is -4.81. The minimum absolute atomic E-state index is 0.0129. The first kappa shape index (κ1) is 21.6. The van der Waals surface area contributed by atoms with Crippen LogP contribution in [-0.2, 0) is 19.2 Å². The number of nitrogens with zero attached hydrogens (tertiary/aromatic N) is 1. The van der Waals surface area contributed by atoms with E-state index < -0.39 is 42.6 Å². The molecular weight excluding hydrogens is 300 g/mol. The van der Waals surface area contributed by atoms with Gasteiger partial charge in [-0.3, -0.25) is 19.4 Å². The average molecular weight is 320 g/mol. The molecule has 0 saturated carbocycles. The Morgan fingerprint density at radius 1 is 1.00 bits per heavy atom. The van der Waals surface area contributed by atoms with E-state index in [0.717, 1.165) is 0 Å². The second-order valence-corrected chi connectivity index (χ2v) is 4.02. The van der Waals surface area contributed by atoms with Crippen molar-refractivity contribution in [1.29, 1.82) is 0 Å². The molecule has 0 spiro atoms. The molecule has 0 aliphatic rings. The number of ketones is 1. The Morgan fingerprint density at radius 3 is 1.91 bits per heavy atom. The maximum absolute atomic E-state index is 10.2. The third-order valence-corrected chi connectivity index (χ3v) is 2.09. The predicted octanol–water partition coefficient (Wildman–Crippen LogP) is -2.04. The number of carbonyl (C=O) groups excluding carboxylic acids is 1. The van der Waals surface area contributed by atoms with E-state index >= 15 is 0 Å². The van der Waals surface area contributed by atoms with E-state index in [1.54, 1.807) is 0 Å². The van der Waals surface area contributed by atoms with Gasteiger partial charge in [-0.05, 0) is 12.8 Å². The number of aliphatic carboxylic acids is 3. The van der Waals surface area contributed by atoms with Gasteiger partial charge in [0, 0.05) is 13.0 Å². The van der Waals surface area contributed by atoms with Crippen LogP contribution < -0.4 is 17.2 Å². The van der Waals surface area contributed by atoms with Crippen molar-refractivity contribution in [2.75, 3.05) is 6.54 Å². The maximum Gasteiger partial charge on any atom is 0.372 e. The maximum atomic E-state index is 10.2. The first-order chi connectivity index (χ1) is 10.1. The summed E-state index contributed by atoms with van der Waals surface area (Å²) >= 11 is 0. The number of carboxylic acid groups (broad SMARTS) is 3. The number of hydrogen-bond donors (Lipinski definition) is 6. The van der Waals surface area contributed by atoms with Crippen LogP contribution in [0.2, 0.25) is 0 Å². The van der Waals surface area contributed by atoms with Crippen LogP contribution in [0.25, 0.3) is 0 Å². The Morgan fingerprint density at radius 2 is 1.55 bits per heavy atom. The highest BCUT2D eigenvalue weighted by Crippen LogP contribution is 1.94. The summed E-state index contributed by atoms with van der Waals surface area (Å²) in [6.07, 6.45) is 0.0906. The fourth-order valence-corrected chi connectivity index (χ4v) is 0.970. The van der Waals surface area contributed by atoms with Crippen molar-refractivity contribution in [2.24, 2.45) is 22.2 Å². The standard InChI is InChI=1S/C6H14N4O2.C5H6O5/c7-4(5(11)12)2-1-3-10-6(8)9;6-3(5(9)10)1-2-4(7)8/h4H,1-3,7H2,(H,11,12)(H4,8,9,10);1-2H2,(H,7,8)(H,9,10)/t4-;/m1./s1. The van der Waals surface area contributed by atoms with Gasteiger partial charge < -0.3 is 32.5 Å². The Kier molecular flexibility index (Phi) is 11.9. The highest BCUT2D eigenvalue weighted by molar-refractivity contribution is 6.32. The van der Waals surface area contributed by atoms with Gasteiger partial charge in [0.1, 0.15) is 6.04 Å². The summed E-state index contributed by atoms with van der Waals surface area (Å²) in [5.41, 5.74) is 15.3. The normalized spacial score (nSPS) is 10.6. The lowest BCUT2D eigenvalue weighted by molar-refractivity contribution is -0.149. The molecule has 126 valence electrons. The lowest BCUT2D eigenvalue weighted by Crippen LogP contribution is -2.30. The molecule has 0 aromatic carbocycles. The van der Waals surface area contributed by atoms with E-state index in [-0.39, 0.29) is 5.96 Å². The van der Waals surface area contributed by atoms with Gasteiger partial charge in [0.25, 0.3) is 0 Å². The number of nitrogens with two attached hydrogens (primary N) is 3. The number of guanidine groups is 1. The van der Waals surface area contributed by atoms with Crippen LogP contribution >= 0.6 is 0 Å². The van der Waals surface area contributed by atoms with Gasteiger partial charge in [-0.1, -0.05) is 0 Å². The van der Waals surface area contributed by atoms with Crippen molar-refractivity contribution < 1.29 is 34.5 Å². The number of carboxylic acids is 3. The first-order valence-corrected chi connectivity index (χ1v) is 6.09. The summed E-state index contributed by atoms with van der Waals surface area (Å²) in [7, 11) is 0. The average Bonchev–Trinajstić information content (AvgIpc) is 2.40. The van der Waals surface area contributed by atoms with Crippen LogP contribution in [0.5, 0.6) is 0 Å². The molecule has 0 aromatic rings. The second-order valence-electron chi connectivity index (χ2n) is 4.02. The minimum Gasteiger partial charge on any atom is -0.481 e. The quantitative estimate of drug-likeness (QED) is 0.118. The van der Waals surface area contributed by atoms with Crippen LogP contribution in [0.4, 0.5) is 0 Å². The summed E-state index contributed by atoms with van der Waals surface area (Å²) in [6.45, 7) is 0.420. The number of carbonyl (C=O) groups is 4. The molecule has 0 saturated heterocycles. The first-order valence-electron chi connectivity index (χ1n) is 6.09. The van der Waals surface area contributed by atoms with Gasteiger partial charge in [0.15, 0.2) is 5.96 Å². The Labute approximate surface area is 125 Å². The van der Waals surface area contributed by atoms with Gasteiger partial charge >= 0.3 is 17.9 Å². The van der Waals surface area contributed by atoms with Gasteiger partial charge in [0.2, 0.25) is 5.78 Å². The molecule has 0 aliphatic carbocycles. The molecule has 1 atom stereocenters. The van der Waals surface area contributed by atoms with Crippen molar-refractivity contribution in [1.82, 2.24) is 0 Å². The fraction of sp³-hybridized carbons (Fsp3) is 0.545. The summed E-state index contributed by atoms with van der Waals surface area (Å²) in [6, 6.07) is -0.820. The highest BCUT2D eigenvalue weighted by Gasteiger charge is 2.12. The Bertz CT molecular complexity index is 432. The van der Waals surface area contributed by atoms with Gasteiger partial charge in [-0.2, -0.15) is 0 Å². The van der Waals surface area contributed by atoms with Crippen molar-refractivity contribution in [2.45, 2.75) is 31.7 Å². The molecule has 0 aliphatic heterocycles. The summed E-state index contributed by atoms with van der Waals surface area (Å²) in [4.78, 5) is 43.6. The molecule has 11 heteroatoms. The lowest BCUT2D eigenvalue weighted by atomic mass is 10.2. The van der Waals surface area contributed by atoms with Crippen LogP contribution in [0.3, 0.4) is 0 Å². The molecule has 0 fully saturated rings. The zero-order valence-electron chi connectivity index (χ0n) is 11.8. The Hall–Kier alpha value is -2.69. The topological polar surface area (TPSA) is 219 Å². The monoisotopic (exact) mass is 320 g/mol. The number of hydrogen-bond acceptors (Lipinski definition) is 6. The van der Waals surface area contributed by atoms with E-state index in [0.29, 0.717) is 19.4 Å². The zero-order chi connectivity index (χ0) is 17.7. The molecule has 0 unspecified atom stereocenters. The van der Waals surface area contributed by atoms with Crippen molar-refractivity contribution in [3.63, 3.8) is 0 Å². The van der Waals surface area contributed by atoms with E-state index in [1.807, 2.05) is 0 Å². The number of Topliss-reactive ketones (excluding diaryl/α,β-unsaturated/α-hetero) is 1. The smallest absolute Gasteiger partial charge is 0.372 e. The molecule has 0 aromatic heterocycles. The van der Waals surface area contributed by atoms with Crippen LogP contribution in [0.1, 0.15) is 25.7 Å². The molecular formula is C11H20N4O7. The molecule has 11 nitrogen and oxygen atoms in total. The van der Waals surface area contributed by atoms with Gasteiger partial charge in [-0.25, -0.2) is 4.79 Å². The van der Waals surface area contributed by atoms with Crippen LogP contribution in [0, 0.1) is 0 Å². The molecule has 0 bridgehead atoms. The molecule has 0 rings (SSSR count). The largest absolute Gasteiger partial charge is 0.481 e. The van der Waals surface area contributed by atoms with E-state index in [9.17, 15) is 19.2 Å². The summed E-state index contributed by atoms with van der Waals surface area (Å²) < 4.78 is 0. The third kappa shape index (κ3) is 15.4. The summed E-state index contributed by atoms with van der Waals surface area (Å²) in [5, 5.41) is 24.3. The minimum atomic E-state index is -1.58. The SMILES string of the molecule is NC(N)=NCCC[C@@H](N)C(=O)O.O=C(O)CCC(=O)C(=O)O. The second kappa shape index (κ2) is 12.1.